The van der Waals surface area contributed by atoms with E-state index < -0.39 is 5.97 Å². The Morgan fingerprint density at radius 1 is 1.06 bits per heavy atom. The average molecular weight is 452 g/mol. The van der Waals surface area contributed by atoms with E-state index in [4.69, 9.17) is 22.7 Å². The summed E-state index contributed by atoms with van der Waals surface area (Å²) in [5.74, 6) is -1.22. The SMILES string of the molecule is CN/C(=C(/O)C(=N)/C(C)=N/NC(=S)Nc1ccc(C(=O)O)cc1)c1ccc2c(c1)CCC2. The molecule has 6 N–H and O–H groups in total. The summed E-state index contributed by atoms with van der Waals surface area (Å²) in [6.45, 7) is 1.59. The standard InChI is InChI=1S/C23H25N5O3S/c1-13(27-28-23(32)26-18-10-8-15(9-11-18)22(30)31)19(24)21(29)20(25-2)17-7-6-14-4-3-5-16(14)12-17/h6-12,24-25,29H,3-5H2,1-2H3,(H,30,31)(H2,26,28,32)/b21-20+,24-19?,27-13+. The van der Waals surface area contributed by atoms with Gasteiger partial charge in [0.2, 0.25) is 0 Å². The van der Waals surface area contributed by atoms with Crippen molar-refractivity contribution >= 4 is 46.1 Å². The molecule has 0 bridgehead atoms. The minimum Gasteiger partial charge on any atom is -0.504 e. The Bertz CT molecular complexity index is 1120. The van der Waals surface area contributed by atoms with Gasteiger partial charge in [0, 0.05) is 18.3 Å². The van der Waals surface area contributed by atoms with Crippen molar-refractivity contribution < 1.29 is 15.0 Å². The normalized spacial score (nSPS) is 13.6. The van der Waals surface area contributed by atoms with Crippen LogP contribution in [0.1, 0.15) is 40.4 Å². The first-order valence-electron chi connectivity index (χ1n) is 10.1. The number of hydrogen-bond acceptors (Lipinski definition) is 6. The van der Waals surface area contributed by atoms with Gasteiger partial charge in [-0.3, -0.25) is 10.8 Å². The number of anilines is 1. The zero-order valence-electron chi connectivity index (χ0n) is 17.8. The molecule has 3 rings (SSSR count). The molecule has 166 valence electrons. The van der Waals surface area contributed by atoms with Crippen LogP contribution in [0, 0.1) is 5.41 Å². The number of hydrazone groups is 1. The van der Waals surface area contributed by atoms with Crippen LogP contribution in [0.2, 0.25) is 0 Å². The first-order valence-corrected chi connectivity index (χ1v) is 10.5. The summed E-state index contributed by atoms with van der Waals surface area (Å²) in [4.78, 5) is 10.9. The van der Waals surface area contributed by atoms with Gasteiger partial charge in [0.25, 0.3) is 0 Å². The van der Waals surface area contributed by atoms with E-state index in [1.165, 1.54) is 23.3 Å². The summed E-state index contributed by atoms with van der Waals surface area (Å²) in [5, 5.41) is 38.1. The number of hydrogen-bond donors (Lipinski definition) is 6. The Hall–Kier alpha value is -3.72. The van der Waals surface area contributed by atoms with Crippen LogP contribution in [0.25, 0.3) is 5.70 Å². The van der Waals surface area contributed by atoms with Crippen molar-refractivity contribution in [3.63, 3.8) is 0 Å². The molecule has 0 atom stereocenters. The number of fused-ring (bicyclic) bond motifs is 1. The van der Waals surface area contributed by atoms with Crippen LogP contribution in [-0.2, 0) is 12.8 Å². The molecule has 32 heavy (non-hydrogen) atoms. The quantitative estimate of drug-likeness (QED) is 0.164. The first-order chi connectivity index (χ1) is 15.3. The predicted molar refractivity (Wildman–Crippen MR) is 131 cm³/mol. The molecule has 0 unspecified atom stereocenters. The minimum atomic E-state index is -1.01. The van der Waals surface area contributed by atoms with Crippen LogP contribution in [-0.4, -0.2) is 39.8 Å². The molecule has 1 aliphatic rings. The van der Waals surface area contributed by atoms with Gasteiger partial charge in [-0.25, -0.2) is 4.79 Å². The predicted octanol–water partition coefficient (Wildman–Crippen LogP) is 3.70. The zero-order chi connectivity index (χ0) is 23.3. The van der Waals surface area contributed by atoms with Gasteiger partial charge in [-0.15, -0.1) is 0 Å². The van der Waals surface area contributed by atoms with Crippen LogP contribution < -0.4 is 16.1 Å². The summed E-state index contributed by atoms with van der Waals surface area (Å²) in [6.07, 6.45) is 3.23. The van der Waals surface area contributed by atoms with Crippen molar-refractivity contribution in [1.82, 2.24) is 10.7 Å². The van der Waals surface area contributed by atoms with E-state index in [0.717, 1.165) is 24.8 Å². The second-order valence-electron chi connectivity index (χ2n) is 7.33. The Kier molecular flexibility index (Phi) is 7.21. The van der Waals surface area contributed by atoms with Crippen LogP contribution in [0.5, 0.6) is 0 Å². The highest BCUT2D eigenvalue weighted by molar-refractivity contribution is 7.80. The Morgan fingerprint density at radius 2 is 1.72 bits per heavy atom. The highest BCUT2D eigenvalue weighted by atomic mass is 32.1. The maximum atomic E-state index is 10.9. The molecule has 0 amide bonds. The molecule has 9 heteroatoms. The molecule has 0 radical (unpaired) electrons. The number of rotatable bonds is 7. The van der Waals surface area contributed by atoms with E-state index in [1.54, 1.807) is 26.1 Å². The van der Waals surface area contributed by atoms with Gasteiger partial charge in [-0.1, -0.05) is 12.1 Å². The maximum Gasteiger partial charge on any atom is 0.335 e. The third-order valence-electron chi connectivity index (χ3n) is 5.19. The number of nitrogens with zero attached hydrogens (tertiary/aromatic N) is 1. The lowest BCUT2D eigenvalue weighted by Crippen LogP contribution is -2.27. The lowest BCUT2D eigenvalue weighted by Gasteiger charge is -2.13. The Morgan fingerprint density at radius 3 is 2.38 bits per heavy atom. The number of aliphatic hydroxyl groups excluding tert-OH is 1. The summed E-state index contributed by atoms with van der Waals surface area (Å²) in [7, 11) is 1.70. The van der Waals surface area contributed by atoms with Gasteiger partial charge in [0.05, 0.1) is 17.0 Å². The van der Waals surface area contributed by atoms with Gasteiger partial charge in [0.15, 0.2) is 10.9 Å². The number of aryl methyl sites for hydroxylation is 2. The molecule has 0 saturated carbocycles. The number of thiocarbonyl (C=S) groups is 1. The number of carbonyl (C=O) groups is 1. The smallest absolute Gasteiger partial charge is 0.335 e. The molecule has 2 aromatic rings. The highest BCUT2D eigenvalue weighted by Crippen LogP contribution is 2.26. The number of carboxylic acid groups (broad SMARTS) is 1. The van der Waals surface area contributed by atoms with Crippen LogP contribution in [0.4, 0.5) is 5.69 Å². The van der Waals surface area contributed by atoms with E-state index in [0.29, 0.717) is 11.4 Å². The molecule has 0 aliphatic heterocycles. The molecular formula is C23H25N5O3S. The number of aliphatic hydroxyl groups is 1. The lowest BCUT2D eigenvalue weighted by atomic mass is 10.0. The number of benzene rings is 2. The molecule has 8 nitrogen and oxygen atoms in total. The molecule has 0 spiro atoms. The Balaban J connectivity index is 1.68. The lowest BCUT2D eigenvalue weighted by molar-refractivity contribution is 0.0697. The molecule has 0 heterocycles. The van der Waals surface area contributed by atoms with Crippen molar-refractivity contribution in [2.45, 2.75) is 26.2 Å². The number of aromatic carboxylic acids is 1. The van der Waals surface area contributed by atoms with Crippen LogP contribution in [0.3, 0.4) is 0 Å². The fourth-order valence-electron chi connectivity index (χ4n) is 3.47. The zero-order valence-corrected chi connectivity index (χ0v) is 18.6. The summed E-state index contributed by atoms with van der Waals surface area (Å²) < 4.78 is 0. The highest BCUT2D eigenvalue weighted by Gasteiger charge is 2.17. The van der Waals surface area contributed by atoms with E-state index in [2.05, 4.69) is 33.3 Å². The fraction of sp³-hybridized carbons (Fsp3) is 0.217. The Labute approximate surface area is 191 Å². The minimum absolute atomic E-state index is 0.143. The van der Waals surface area contributed by atoms with Crippen LogP contribution >= 0.6 is 12.2 Å². The van der Waals surface area contributed by atoms with Crippen molar-refractivity contribution in [3.05, 3.63) is 70.5 Å². The topological polar surface area (TPSA) is 130 Å². The third kappa shape index (κ3) is 5.30. The first kappa shape index (κ1) is 23.0. The molecule has 2 aromatic carbocycles. The van der Waals surface area contributed by atoms with E-state index in [9.17, 15) is 9.90 Å². The number of carboxylic acids is 1. The van der Waals surface area contributed by atoms with Crippen molar-refractivity contribution in [2.75, 3.05) is 12.4 Å². The average Bonchev–Trinajstić information content (AvgIpc) is 3.25. The van der Waals surface area contributed by atoms with Crippen LogP contribution in [0.15, 0.2) is 53.3 Å². The second kappa shape index (κ2) is 10.1. The maximum absolute atomic E-state index is 10.9. The van der Waals surface area contributed by atoms with Gasteiger partial charge in [-0.05, 0) is 79.9 Å². The summed E-state index contributed by atoms with van der Waals surface area (Å²) in [6, 6.07) is 12.1. The summed E-state index contributed by atoms with van der Waals surface area (Å²) in [5.41, 5.74) is 7.37. The summed E-state index contributed by atoms with van der Waals surface area (Å²) >= 11 is 5.18. The van der Waals surface area contributed by atoms with E-state index in [1.807, 2.05) is 6.07 Å². The largest absolute Gasteiger partial charge is 0.504 e. The van der Waals surface area contributed by atoms with Gasteiger partial charge < -0.3 is 20.8 Å². The van der Waals surface area contributed by atoms with E-state index in [-0.39, 0.29) is 27.9 Å². The molecule has 0 fully saturated rings. The van der Waals surface area contributed by atoms with Gasteiger partial charge in [-0.2, -0.15) is 5.10 Å². The fourth-order valence-corrected chi connectivity index (χ4v) is 3.63. The van der Waals surface area contributed by atoms with E-state index >= 15 is 0 Å². The van der Waals surface area contributed by atoms with Crippen molar-refractivity contribution in [2.24, 2.45) is 5.10 Å². The van der Waals surface area contributed by atoms with Gasteiger partial charge >= 0.3 is 5.97 Å². The monoisotopic (exact) mass is 451 g/mol. The number of allylic oxidation sites excluding steroid dienone is 1. The van der Waals surface area contributed by atoms with Crippen molar-refractivity contribution in [1.29, 1.82) is 5.41 Å². The number of nitrogens with one attached hydrogen (secondary N) is 4. The molecular weight excluding hydrogens is 426 g/mol. The molecule has 1 aliphatic carbocycles. The van der Waals surface area contributed by atoms with Gasteiger partial charge in [0.1, 0.15) is 5.71 Å². The second-order valence-corrected chi connectivity index (χ2v) is 7.74. The van der Waals surface area contributed by atoms with Crippen molar-refractivity contribution in [3.8, 4) is 0 Å². The molecule has 0 aromatic heterocycles. The molecule has 0 saturated heterocycles. The third-order valence-corrected chi connectivity index (χ3v) is 5.38.